The molecule has 2 aromatic rings. The summed E-state index contributed by atoms with van der Waals surface area (Å²) >= 11 is 5.90. The zero-order chi connectivity index (χ0) is 15.6. The van der Waals surface area contributed by atoms with E-state index in [0.29, 0.717) is 6.42 Å². The lowest BCUT2D eigenvalue weighted by Crippen LogP contribution is -2.11. The van der Waals surface area contributed by atoms with E-state index in [-0.39, 0.29) is 17.3 Å². The number of anilines is 1. The van der Waals surface area contributed by atoms with Crippen molar-refractivity contribution in [3.63, 3.8) is 0 Å². The normalized spacial score (nSPS) is 11.7. The molecule has 0 amide bonds. The van der Waals surface area contributed by atoms with Crippen LogP contribution in [0.2, 0.25) is 5.02 Å². The first kappa shape index (κ1) is 15.7. The number of alkyl halides is 3. The Morgan fingerprint density at radius 2 is 2.05 bits per heavy atom. The number of nitrogens with one attached hydrogen (secondary N) is 1. The van der Waals surface area contributed by atoms with Crippen molar-refractivity contribution in [3.05, 3.63) is 46.2 Å². The van der Waals surface area contributed by atoms with Crippen LogP contribution in [0.5, 0.6) is 0 Å². The first-order valence-electron chi connectivity index (χ1n) is 6.44. The number of benzene rings is 1. The molecule has 1 aromatic carbocycles. The van der Waals surface area contributed by atoms with Crippen LogP contribution in [0, 0.1) is 0 Å². The van der Waals surface area contributed by atoms with Gasteiger partial charge in [0, 0.05) is 25.4 Å². The summed E-state index contributed by atoms with van der Waals surface area (Å²) < 4.78 is 40.6. The van der Waals surface area contributed by atoms with E-state index >= 15 is 0 Å². The summed E-state index contributed by atoms with van der Waals surface area (Å²) in [7, 11) is 1.78. The molecule has 1 N–H and O–H groups in total. The molecule has 0 aliphatic carbocycles. The van der Waals surface area contributed by atoms with Gasteiger partial charge in [0.05, 0.1) is 22.0 Å². The SMILES string of the molecule is CCc1nn(C)cc1CNc1c(Cl)cccc1C(F)(F)F. The van der Waals surface area contributed by atoms with Gasteiger partial charge in [-0.05, 0) is 18.6 Å². The Morgan fingerprint density at radius 3 is 2.67 bits per heavy atom. The highest BCUT2D eigenvalue weighted by molar-refractivity contribution is 6.33. The number of hydrogen-bond acceptors (Lipinski definition) is 2. The highest BCUT2D eigenvalue weighted by Crippen LogP contribution is 2.38. The lowest BCUT2D eigenvalue weighted by molar-refractivity contribution is -0.136. The fourth-order valence-electron chi connectivity index (χ4n) is 2.15. The first-order chi connectivity index (χ1) is 9.82. The molecule has 0 unspecified atom stereocenters. The van der Waals surface area contributed by atoms with Gasteiger partial charge < -0.3 is 5.32 Å². The quantitative estimate of drug-likeness (QED) is 0.912. The van der Waals surface area contributed by atoms with Crippen LogP contribution in [-0.4, -0.2) is 9.78 Å². The van der Waals surface area contributed by atoms with Crippen LogP contribution in [-0.2, 0) is 26.2 Å². The molecule has 114 valence electrons. The van der Waals surface area contributed by atoms with Crippen molar-refractivity contribution in [1.82, 2.24) is 9.78 Å². The molecule has 0 fully saturated rings. The van der Waals surface area contributed by atoms with Gasteiger partial charge in [-0.3, -0.25) is 4.68 Å². The third-order valence-electron chi connectivity index (χ3n) is 3.10. The Balaban J connectivity index is 2.28. The molecule has 0 saturated heterocycles. The van der Waals surface area contributed by atoms with E-state index < -0.39 is 11.7 Å². The molecular weight excluding hydrogens is 303 g/mol. The molecule has 21 heavy (non-hydrogen) atoms. The minimum atomic E-state index is -4.45. The minimum absolute atomic E-state index is 0.0479. The topological polar surface area (TPSA) is 29.9 Å². The van der Waals surface area contributed by atoms with E-state index in [1.54, 1.807) is 17.9 Å². The summed E-state index contributed by atoms with van der Waals surface area (Å²) in [5.74, 6) is 0. The zero-order valence-corrected chi connectivity index (χ0v) is 12.4. The number of halogens is 4. The van der Waals surface area contributed by atoms with Crippen molar-refractivity contribution >= 4 is 17.3 Å². The molecule has 0 atom stereocenters. The number of para-hydroxylation sites is 1. The monoisotopic (exact) mass is 317 g/mol. The number of rotatable bonds is 4. The second-order valence-corrected chi connectivity index (χ2v) is 5.05. The van der Waals surface area contributed by atoms with Crippen molar-refractivity contribution in [1.29, 1.82) is 0 Å². The molecule has 0 bridgehead atoms. The average Bonchev–Trinajstić information content (AvgIpc) is 2.76. The van der Waals surface area contributed by atoms with Gasteiger partial charge in [-0.1, -0.05) is 24.6 Å². The fourth-order valence-corrected chi connectivity index (χ4v) is 2.39. The van der Waals surface area contributed by atoms with E-state index in [0.717, 1.165) is 17.3 Å². The standard InChI is InChI=1S/C14H15ClF3N3/c1-3-12-9(8-21(2)20-12)7-19-13-10(14(16,17)18)5-4-6-11(13)15/h4-6,8,19H,3,7H2,1-2H3. The van der Waals surface area contributed by atoms with Gasteiger partial charge in [0.15, 0.2) is 0 Å². The summed E-state index contributed by atoms with van der Waals surface area (Å²) in [6.45, 7) is 2.19. The Labute approximate surface area is 125 Å². The highest BCUT2D eigenvalue weighted by atomic mass is 35.5. The van der Waals surface area contributed by atoms with Gasteiger partial charge in [0.2, 0.25) is 0 Å². The van der Waals surface area contributed by atoms with Crippen molar-refractivity contribution in [2.45, 2.75) is 26.1 Å². The Morgan fingerprint density at radius 1 is 1.33 bits per heavy atom. The minimum Gasteiger partial charge on any atom is -0.379 e. The van der Waals surface area contributed by atoms with Gasteiger partial charge >= 0.3 is 6.18 Å². The molecule has 0 saturated carbocycles. The molecule has 7 heteroatoms. The number of nitrogens with zero attached hydrogens (tertiary/aromatic N) is 2. The van der Waals surface area contributed by atoms with Crippen LogP contribution in [0.3, 0.4) is 0 Å². The molecule has 0 aliphatic heterocycles. The summed E-state index contributed by atoms with van der Waals surface area (Å²) in [4.78, 5) is 0. The summed E-state index contributed by atoms with van der Waals surface area (Å²) in [6, 6.07) is 3.74. The number of hydrogen-bond donors (Lipinski definition) is 1. The third-order valence-corrected chi connectivity index (χ3v) is 3.42. The van der Waals surface area contributed by atoms with Crippen molar-refractivity contribution in [3.8, 4) is 0 Å². The van der Waals surface area contributed by atoms with Gasteiger partial charge in [-0.2, -0.15) is 18.3 Å². The van der Waals surface area contributed by atoms with Crippen LogP contribution in [0.1, 0.15) is 23.7 Å². The van der Waals surface area contributed by atoms with Crippen LogP contribution in [0.4, 0.5) is 18.9 Å². The van der Waals surface area contributed by atoms with Crippen LogP contribution in [0.15, 0.2) is 24.4 Å². The maximum atomic E-state index is 13.0. The second kappa shape index (κ2) is 5.97. The lowest BCUT2D eigenvalue weighted by Gasteiger charge is -2.15. The molecule has 0 spiro atoms. The molecule has 1 heterocycles. The van der Waals surface area contributed by atoms with Crippen LogP contribution < -0.4 is 5.32 Å². The van der Waals surface area contributed by atoms with Gasteiger partial charge in [-0.25, -0.2) is 0 Å². The number of aromatic nitrogens is 2. The fraction of sp³-hybridized carbons (Fsp3) is 0.357. The van der Waals surface area contributed by atoms with E-state index in [9.17, 15) is 13.2 Å². The molecule has 2 rings (SSSR count). The largest absolute Gasteiger partial charge is 0.418 e. The molecule has 1 aromatic heterocycles. The second-order valence-electron chi connectivity index (χ2n) is 4.64. The smallest absolute Gasteiger partial charge is 0.379 e. The Hall–Kier alpha value is -1.69. The highest BCUT2D eigenvalue weighted by Gasteiger charge is 2.34. The van der Waals surface area contributed by atoms with E-state index in [2.05, 4.69) is 10.4 Å². The zero-order valence-electron chi connectivity index (χ0n) is 11.6. The van der Waals surface area contributed by atoms with E-state index in [1.165, 1.54) is 12.1 Å². The van der Waals surface area contributed by atoms with Crippen molar-refractivity contribution in [2.24, 2.45) is 7.05 Å². The van der Waals surface area contributed by atoms with E-state index in [4.69, 9.17) is 11.6 Å². The van der Waals surface area contributed by atoms with Crippen molar-refractivity contribution < 1.29 is 13.2 Å². The lowest BCUT2D eigenvalue weighted by atomic mass is 10.1. The first-order valence-corrected chi connectivity index (χ1v) is 6.81. The maximum absolute atomic E-state index is 13.0. The van der Waals surface area contributed by atoms with Crippen molar-refractivity contribution in [2.75, 3.05) is 5.32 Å². The van der Waals surface area contributed by atoms with Gasteiger partial charge in [0.1, 0.15) is 0 Å². The van der Waals surface area contributed by atoms with Crippen LogP contribution in [0.25, 0.3) is 0 Å². The number of aryl methyl sites for hydroxylation is 2. The summed E-state index contributed by atoms with van der Waals surface area (Å²) in [6.07, 6.45) is -1.95. The molecule has 0 aliphatic rings. The Bertz CT molecular complexity index is 635. The maximum Gasteiger partial charge on any atom is 0.418 e. The molecular formula is C14H15ClF3N3. The predicted molar refractivity (Wildman–Crippen MR) is 76.4 cm³/mol. The molecule has 0 radical (unpaired) electrons. The predicted octanol–water partition coefficient (Wildman–Crippen LogP) is 4.27. The van der Waals surface area contributed by atoms with Gasteiger partial charge in [-0.15, -0.1) is 0 Å². The molecule has 3 nitrogen and oxygen atoms in total. The average molecular weight is 318 g/mol. The Kier molecular flexibility index (Phi) is 4.46. The van der Waals surface area contributed by atoms with Crippen LogP contribution >= 0.6 is 11.6 Å². The third kappa shape index (κ3) is 3.50. The summed E-state index contributed by atoms with van der Waals surface area (Å²) in [5, 5.41) is 7.09. The summed E-state index contributed by atoms with van der Waals surface area (Å²) in [5.41, 5.74) is 0.841. The van der Waals surface area contributed by atoms with Gasteiger partial charge in [0.25, 0.3) is 0 Å². The van der Waals surface area contributed by atoms with E-state index in [1.807, 2.05) is 6.92 Å².